The third kappa shape index (κ3) is 2.12. The predicted octanol–water partition coefficient (Wildman–Crippen LogP) is 1.76. The van der Waals surface area contributed by atoms with E-state index in [4.69, 9.17) is 4.52 Å². The van der Waals surface area contributed by atoms with E-state index in [0.717, 1.165) is 12.8 Å². The molecule has 0 N–H and O–H groups in total. The molecule has 0 radical (unpaired) electrons. The fourth-order valence-electron chi connectivity index (χ4n) is 2.20. The van der Waals surface area contributed by atoms with Gasteiger partial charge >= 0.3 is 0 Å². The van der Waals surface area contributed by atoms with Crippen LogP contribution in [0.3, 0.4) is 0 Å². The number of pyridine rings is 1. The first kappa shape index (κ1) is 12.0. The first-order chi connectivity index (χ1) is 10.3. The van der Waals surface area contributed by atoms with Gasteiger partial charge < -0.3 is 4.52 Å². The number of nitrogens with zero attached hydrogens (tertiary/aromatic N) is 5. The van der Waals surface area contributed by atoms with Crippen LogP contribution in [0.2, 0.25) is 0 Å². The lowest BCUT2D eigenvalue weighted by molar-refractivity contribution is 0.103. The molecule has 7 heteroatoms. The van der Waals surface area contributed by atoms with Crippen molar-refractivity contribution in [3.63, 3.8) is 0 Å². The van der Waals surface area contributed by atoms with E-state index in [1.165, 1.54) is 23.4 Å². The van der Waals surface area contributed by atoms with Crippen LogP contribution >= 0.6 is 0 Å². The minimum Gasteiger partial charge on any atom is -0.360 e. The first-order valence-electron chi connectivity index (χ1n) is 6.63. The topological polar surface area (TPSA) is 86.7 Å². The summed E-state index contributed by atoms with van der Waals surface area (Å²) in [5, 5.41) is 7.74. The number of hydrogen-bond acceptors (Lipinski definition) is 6. The smallest absolute Gasteiger partial charge is 0.199 e. The van der Waals surface area contributed by atoms with Crippen LogP contribution in [-0.2, 0) is 0 Å². The Kier molecular flexibility index (Phi) is 2.63. The van der Waals surface area contributed by atoms with Crippen molar-refractivity contribution in [2.75, 3.05) is 0 Å². The molecule has 1 aliphatic carbocycles. The zero-order chi connectivity index (χ0) is 14.2. The number of hydrogen-bond donors (Lipinski definition) is 0. The standard InChI is InChI=1S/C14H11N5O2/c20-13(11-6-18-21-14(11)9-1-2-9)10-3-4-12(16-5-10)19-8-15-7-17-19/h3-9H,1-2H2. The molecule has 0 aromatic carbocycles. The van der Waals surface area contributed by atoms with Gasteiger partial charge in [0.2, 0.25) is 0 Å². The Hall–Kier alpha value is -2.83. The van der Waals surface area contributed by atoms with Gasteiger partial charge in [0.15, 0.2) is 17.4 Å². The Morgan fingerprint density at radius 1 is 1.29 bits per heavy atom. The molecule has 3 aromatic rings. The molecule has 0 amide bonds. The van der Waals surface area contributed by atoms with Gasteiger partial charge in [-0.1, -0.05) is 5.16 Å². The summed E-state index contributed by atoms with van der Waals surface area (Å²) < 4.78 is 6.73. The van der Waals surface area contributed by atoms with Crippen LogP contribution in [-0.4, -0.2) is 30.7 Å². The average Bonchev–Trinajstić information content (AvgIpc) is 3.05. The maximum absolute atomic E-state index is 12.5. The predicted molar refractivity (Wildman–Crippen MR) is 71.1 cm³/mol. The van der Waals surface area contributed by atoms with Gasteiger partial charge in [-0.05, 0) is 25.0 Å². The number of carbonyl (C=O) groups excluding carboxylic acids is 1. The van der Waals surface area contributed by atoms with Crippen LogP contribution in [0, 0.1) is 0 Å². The van der Waals surface area contributed by atoms with E-state index in [-0.39, 0.29) is 5.78 Å². The monoisotopic (exact) mass is 281 g/mol. The van der Waals surface area contributed by atoms with E-state index in [2.05, 4.69) is 20.2 Å². The van der Waals surface area contributed by atoms with Crippen molar-refractivity contribution in [1.29, 1.82) is 0 Å². The first-order valence-corrected chi connectivity index (χ1v) is 6.63. The lowest BCUT2D eigenvalue weighted by atomic mass is 10.0. The lowest BCUT2D eigenvalue weighted by Crippen LogP contribution is -2.05. The van der Waals surface area contributed by atoms with Gasteiger partial charge in [0, 0.05) is 17.7 Å². The van der Waals surface area contributed by atoms with Crippen molar-refractivity contribution in [1.82, 2.24) is 24.9 Å². The molecule has 0 spiro atoms. The Morgan fingerprint density at radius 2 is 2.19 bits per heavy atom. The van der Waals surface area contributed by atoms with Crippen molar-refractivity contribution in [2.45, 2.75) is 18.8 Å². The number of aromatic nitrogens is 5. The third-order valence-corrected chi connectivity index (χ3v) is 3.45. The highest BCUT2D eigenvalue weighted by Gasteiger charge is 2.32. The molecule has 21 heavy (non-hydrogen) atoms. The van der Waals surface area contributed by atoms with Gasteiger partial charge in [-0.2, -0.15) is 5.10 Å². The average molecular weight is 281 g/mol. The van der Waals surface area contributed by atoms with Gasteiger partial charge in [-0.15, -0.1) is 0 Å². The Labute approximate surface area is 119 Å². The van der Waals surface area contributed by atoms with Gasteiger partial charge in [-0.3, -0.25) is 4.79 Å². The Bertz CT molecular complexity index is 772. The molecule has 1 aliphatic rings. The molecule has 7 nitrogen and oxygen atoms in total. The molecule has 104 valence electrons. The zero-order valence-corrected chi connectivity index (χ0v) is 11.0. The normalized spacial score (nSPS) is 14.3. The number of ketones is 1. The lowest BCUT2D eigenvalue weighted by Gasteiger charge is -2.02. The molecule has 3 aromatic heterocycles. The van der Waals surface area contributed by atoms with E-state index >= 15 is 0 Å². The van der Waals surface area contributed by atoms with Crippen molar-refractivity contribution in [3.05, 3.63) is 54.1 Å². The second-order valence-electron chi connectivity index (χ2n) is 4.95. The molecule has 0 aliphatic heterocycles. The fourth-order valence-corrected chi connectivity index (χ4v) is 2.20. The summed E-state index contributed by atoms with van der Waals surface area (Å²) >= 11 is 0. The molecule has 0 bridgehead atoms. The van der Waals surface area contributed by atoms with Crippen molar-refractivity contribution < 1.29 is 9.32 Å². The molecule has 3 heterocycles. The van der Waals surface area contributed by atoms with Crippen LogP contribution in [0.1, 0.15) is 40.4 Å². The van der Waals surface area contributed by atoms with E-state index in [0.29, 0.717) is 28.6 Å². The highest BCUT2D eigenvalue weighted by molar-refractivity contribution is 6.09. The van der Waals surface area contributed by atoms with Gasteiger partial charge in [0.05, 0.1) is 11.8 Å². The van der Waals surface area contributed by atoms with Crippen LogP contribution in [0.4, 0.5) is 0 Å². The Morgan fingerprint density at radius 3 is 2.86 bits per heavy atom. The Balaban J connectivity index is 1.64. The maximum Gasteiger partial charge on any atom is 0.199 e. The minimum absolute atomic E-state index is 0.115. The quantitative estimate of drug-likeness (QED) is 0.677. The molecule has 4 rings (SSSR count). The molecule has 1 saturated carbocycles. The summed E-state index contributed by atoms with van der Waals surface area (Å²) in [5.41, 5.74) is 1.04. The van der Waals surface area contributed by atoms with Crippen molar-refractivity contribution in [2.24, 2.45) is 0 Å². The second-order valence-corrected chi connectivity index (χ2v) is 4.95. The van der Waals surface area contributed by atoms with Gasteiger partial charge in [-0.25, -0.2) is 14.6 Å². The summed E-state index contributed by atoms with van der Waals surface area (Å²) in [6.07, 6.45) is 8.11. The van der Waals surface area contributed by atoms with E-state index in [9.17, 15) is 4.79 Å². The molecule has 0 atom stereocenters. The second kappa shape index (κ2) is 4.62. The van der Waals surface area contributed by atoms with E-state index < -0.39 is 0 Å². The van der Waals surface area contributed by atoms with Crippen LogP contribution in [0.15, 0.2) is 41.7 Å². The minimum atomic E-state index is -0.115. The molecular formula is C14H11N5O2. The maximum atomic E-state index is 12.5. The summed E-state index contributed by atoms with van der Waals surface area (Å²) in [4.78, 5) is 20.6. The number of rotatable bonds is 4. The summed E-state index contributed by atoms with van der Waals surface area (Å²) in [6.45, 7) is 0. The van der Waals surface area contributed by atoms with Crippen molar-refractivity contribution in [3.8, 4) is 5.82 Å². The zero-order valence-electron chi connectivity index (χ0n) is 11.0. The van der Waals surface area contributed by atoms with Gasteiger partial charge in [0.1, 0.15) is 12.7 Å². The van der Waals surface area contributed by atoms with Crippen LogP contribution < -0.4 is 0 Å². The SMILES string of the molecule is O=C(c1ccc(-n2cncn2)nc1)c1cnoc1C1CC1. The highest BCUT2D eigenvalue weighted by atomic mass is 16.5. The summed E-state index contributed by atoms with van der Waals surface area (Å²) in [6, 6.07) is 3.45. The molecular weight excluding hydrogens is 270 g/mol. The fraction of sp³-hybridized carbons (Fsp3) is 0.214. The van der Waals surface area contributed by atoms with E-state index in [1.54, 1.807) is 18.5 Å². The third-order valence-electron chi connectivity index (χ3n) is 3.45. The molecule has 1 fully saturated rings. The largest absolute Gasteiger partial charge is 0.360 e. The highest BCUT2D eigenvalue weighted by Crippen LogP contribution is 2.41. The summed E-state index contributed by atoms with van der Waals surface area (Å²) in [7, 11) is 0. The van der Waals surface area contributed by atoms with E-state index in [1.807, 2.05) is 0 Å². The van der Waals surface area contributed by atoms with Gasteiger partial charge in [0.25, 0.3) is 0 Å². The number of carbonyl (C=O) groups is 1. The van der Waals surface area contributed by atoms with Crippen LogP contribution in [0.5, 0.6) is 0 Å². The van der Waals surface area contributed by atoms with Crippen molar-refractivity contribution >= 4 is 5.78 Å². The van der Waals surface area contributed by atoms with Crippen LogP contribution in [0.25, 0.3) is 5.82 Å². The summed E-state index contributed by atoms with van der Waals surface area (Å²) in [5.74, 6) is 1.53. The molecule has 0 saturated heterocycles. The molecule has 0 unspecified atom stereocenters.